The molecule has 29 heavy (non-hydrogen) atoms. The molecule has 0 aliphatic carbocycles. The van der Waals surface area contributed by atoms with Gasteiger partial charge in [0.05, 0.1) is 0 Å². The zero-order valence-electron chi connectivity index (χ0n) is 15.8. The Hall–Kier alpha value is -2.88. The van der Waals surface area contributed by atoms with E-state index in [1.54, 1.807) is 20.8 Å². The number of halogens is 1. The van der Waals surface area contributed by atoms with Crippen LogP contribution in [0.25, 0.3) is 11.3 Å². The largest absolute Gasteiger partial charge is 0.480 e. The van der Waals surface area contributed by atoms with Gasteiger partial charge in [-0.1, -0.05) is 5.16 Å². The van der Waals surface area contributed by atoms with E-state index in [4.69, 9.17) is 4.52 Å². The summed E-state index contributed by atoms with van der Waals surface area (Å²) >= 11 is 1.34. The van der Waals surface area contributed by atoms with Crippen molar-refractivity contribution < 1.29 is 28.4 Å². The number of thioether (sulfide) groups is 1. The van der Waals surface area contributed by atoms with E-state index in [9.17, 15) is 23.9 Å². The predicted octanol–water partition coefficient (Wildman–Crippen LogP) is 2.03. The monoisotopic (exact) mass is 419 g/mol. The summed E-state index contributed by atoms with van der Waals surface area (Å²) in [5.41, 5.74) is 0.892. The number of carbonyl (C=O) groups excluding carboxylic acids is 2. The van der Waals surface area contributed by atoms with Gasteiger partial charge in [0.25, 0.3) is 5.91 Å². The zero-order chi connectivity index (χ0) is 21.1. The highest BCUT2D eigenvalue weighted by atomic mass is 32.2. The van der Waals surface area contributed by atoms with Gasteiger partial charge in [0.1, 0.15) is 40.3 Å². The van der Waals surface area contributed by atoms with Gasteiger partial charge in [0, 0.05) is 10.3 Å². The molecule has 3 heterocycles. The molecule has 0 bridgehead atoms. The lowest BCUT2D eigenvalue weighted by atomic mass is 9.95. The van der Waals surface area contributed by atoms with E-state index < -0.39 is 45.8 Å². The van der Waals surface area contributed by atoms with Crippen molar-refractivity contribution in [2.45, 2.75) is 43.0 Å². The van der Waals surface area contributed by atoms with Crippen LogP contribution < -0.4 is 5.32 Å². The number of benzene rings is 1. The molecule has 8 nitrogen and oxygen atoms in total. The summed E-state index contributed by atoms with van der Waals surface area (Å²) in [6, 6.07) is 3.66. The molecule has 0 spiro atoms. The van der Waals surface area contributed by atoms with Crippen molar-refractivity contribution >= 4 is 29.5 Å². The Bertz CT molecular complexity index is 1020. The summed E-state index contributed by atoms with van der Waals surface area (Å²) in [7, 11) is 0. The maximum Gasteiger partial charge on any atom is 0.327 e. The van der Waals surface area contributed by atoms with E-state index >= 15 is 0 Å². The van der Waals surface area contributed by atoms with Gasteiger partial charge in [0.15, 0.2) is 0 Å². The van der Waals surface area contributed by atoms with Gasteiger partial charge in [-0.25, -0.2) is 9.18 Å². The topological polar surface area (TPSA) is 113 Å². The second-order valence-corrected chi connectivity index (χ2v) is 9.29. The fourth-order valence-corrected chi connectivity index (χ4v) is 5.43. The Balaban J connectivity index is 1.58. The fourth-order valence-electron chi connectivity index (χ4n) is 3.80. The Morgan fingerprint density at radius 3 is 2.59 bits per heavy atom. The van der Waals surface area contributed by atoms with Crippen LogP contribution in [-0.2, 0) is 9.59 Å². The van der Waals surface area contributed by atoms with E-state index in [1.807, 2.05) is 0 Å². The molecular weight excluding hydrogens is 401 g/mol. The molecule has 2 aromatic rings. The van der Waals surface area contributed by atoms with Crippen LogP contribution in [0, 0.1) is 12.7 Å². The molecule has 3 unspecified atom stereocenters. The first kappa shape index (κ1) is 19.4. The van der Waals surface area contributed by atoms with E-state index in [0.717, 1.165) is 0 Å². The number of carbonyl (C=O) groups is 3. The first-order valence-electron chi connectivity index (χ1n) is 8.87. The van der Waals surface area contributed by atoms with Crippen molar-refractivity contribution in [1.82, 2.24) is 15.4 Å². The minimum absolute atomic E-state index is 0.153. The van der Waals surface area contributed by atoms with Crippen molar-refractivity contribution in [1.29, 1.82) is 0 Å². The summed E-state index contributed by atoms with van der Waals surface area (Å²) in [6.45, 7) is 5.09. The number of aromatic nitrogens is 1. The molecule has 2 N–H and O–H groups in total. The predicted molar refractivity (Wildman–Crippen MR) is 102 cm³/mol. The minimum atomic E-state index is -1.07. The Morgan fingerprint density at radius 1 is 1.31 bits per heavy atom. The number of fused-ring (bicyclic) bond motifs is 1. The number of rotatable bonds is 4. The Kier molecular flexibility index (Phi) is 4.41. The molecule has 2 amide bonds. The smallest absolute Gasteiger partial charge is 0.327 e. The van der Waals surface area contributed by atoms with Crippen molar-refractivity contribution in [2.75, 3.05) is 0 Å². The first-order valence-corrected chi connectivity index (χ1v) is 9.75. The normalized spacial score (nSPS) is 24.8. The van der Waals surface area contributed by atoms with Gasteiger partial charge >= 0.3 is 5.97 Å². The number of aliphatic carboxylic acids is 1. The summed E-state index contributed by atoms with van der Waals surface area (Å²) < 4.78 is 17.7. The number of carboxylic acids is 1. The number of aryl methyl sites for hydroxylation is 1. The van der Waals surface area contributed by atoms with Crippen LogP contribution in [0.4, 0.5) is 4.39 Å². The van der Waals surface area contributed by atoms with Crippen LogP contribution in [0.2, 0.25) is 0 Å². The summed E-state index contributed by atoms with van der Waals surface area (Å²) in [4.78, 5) is 38.4. The molecule has 1 aromatic carbocycles. The van der Waals surface area contributed by atoms with Gasteiger partial charge in [0.2, 0.25) is 5.91 Å². The van der Waals surface area contributed by atoms with Crippen LogP contribution in [-0.4, -0.2) is 55.2 Å². The zero-order valence-corrected chi connectivity index (χ0v) is 16.6. The van der Waals surface area contributed by atoms with E-state index in [2.05, 4.69) is 10.5 Å². The summed E-state index contributed by atoms with van der Waals surface area (Å²) in [5.74, 6) is -2.23. The Labute approximate surface area is 169 Å². The number of nitrogens with one attached hydrogen (secondary N) is 1. The highest BCUT2D eigenvalue weighted by Crippen LogP contribution is 2.50. The fraction of sp³-hybridized carbons (Fsp3) is 0.368. The number of amides is 2. The number of β-lactam (4-membered cyclic amide) rings is 1. The minimum Gasteiger partial charge on any atom is -0.480 e. The SMILES string of the molecule is Cc1onc(-c2ccc(F)cc2)c1C(=O)NC1C(=O)N2C1SC(C)(C)C2C(=O)O. The van der Waals surface area contributed by atoms with E-state index in [0.29, 0.717) is 5.56 Å². The second-order valence-electron chi connectivity index (χ2n) is 7.52. The van der Waals surface area contributed by atoms with Crippen LogP contribution in [0.15, 0.2) is 28.8 Å². The third-order valence-electron chi connectivity index (χ3n) is 5.17. The van der Waals surface area contributed by atoms with Crippen molar-refractivity contribution in [2.24, 2.45) is 0 Å². The van der Waals surface area contributed by atoms with Crippen LogP contribution in [0.5, 0.6) is 0 Å². The molecule has 2 aliphatic heterocycles. The number of nitrogens with zero attached hydrogens (tertiary/aromatic N) is 2. The third kappa shape index (κ3) is 2.98. The highest BCUT2D eigenvalue weighted by Gasteiger charge is 2.64. The van der Waals surface area contributed by atoms with Gasteiger partial charge in [-0.05, 0) is 45.0 Å². The second kappa shape index (κ2) is 6.58. The third-order valence-corrected chi connectivity index (χ3v) is 6.74. The highest BCUT2D eigenvalue weighted by molar-refractivity contribution is 8.01. The molecule has 0 saturated carbocycles. The van der Waals surface area contributed by atoms with Crippen LogP contribution >= 0.6 is 11.8 Å². The first-order chi connectivity index (χ1) is 13.6. The number of carboxylic acid groups (broad SMARTS) is 1. The maximum absolute atomic E-state index is 13.2. The molecule has 152 valence electrons. The molecule has 2 fully saturated rings. The van der Waals surface area contributed by atoms with Crippen LogP contribution in [0.3, 0.4) is 0 Å². The van der Waals surface area contributed by atoms with Gasteiger partial charge in [-0.15, -0.1) is 11.8 Å². The van der Waals surface area contributed by atoms with Crippen molar-refractivity contribution in [3.63, 3.8) is 0 Å². The average Bonchev–Trinajstić information content (AvgIpc) is 3.15. The molecule has 2 saturated heterocycles. The summed E-state index contributed by atoms with van der Waals surface area (Å²) in [5, 5.41) is 15.6. The lowest BCUT2D eigenvalue weighted by molar-refractivity contribution is -0.159. The quantitative estimate of drug-likeness (QED) is 0.729. The van der Waals surface area contributed by atoms with Gasteiger partial charge in [-0.2, -0.15) is 0 Å². The average molecular weight is 419 g/mol. The lowest BCUT2D eigenvalue weighted by Gasteiger charge is -2.43. The van der Waals surface area contributed by atoms with Crippen LogP contribution in [0.1, 0.15) is 30.0 Å². The van der Waals surface area contributed by atoms with Crippen molar-refractivity contribution in [3.8, 4) is 11.3 Å². The molecule has 1 aromatic heterocycles. The molecule has 2 aliphatic rings. The lowest BCUT2D eigenvalue weighted by Crippen LogP contribution is -2.70. The molecule has 4 rings (SSSR count). The van der Waals surface area contributed by atoms with E-state index in [1.165, 1.54) is 40.9 Å². The Morgan fingerprint density at radius 2 is 1.97 bits per heavy atom. The molecule has 3 atom stereocenters. The molecule has 0 radical (unpaired) electrons. The maximum atomic E-state index is 13.2. The standard InChI is InChI=1S/C19H18FN3O5S/c1-8-11(12(22-28-8)9-4-6-10(20)7-5-9)15(24)21-13-16(25)23-14(18(26)27)19(2,3)29-17(13)23/h4-7,13-14,17H,1-3H3,(H,21,24)(H,26,27). The number of hydrogen-bond acceptors (Lipinski definition) is 6. The summed E-state index contributed by atoms with van der Waals surface area (Å²) in [6.07, 6.45) is 0. The molecular formula is C19H18FN3O5S. The molecule has 10 heteroatoms. The number of hydrogen-bond donors (Lipinski definition) is 2. The van der Waals surface area contributed by atoms with Crippen molar-refractivity contribution in [3.05, 3.63) is 41.4 Å². The van der Waals surface area contributed by atoms with E-state index in [-0.39, 0.29) is 17.0 Å². The van der Waals surface area contributed by atoms with Gasteiger partial charge in [-0.3, -0.25) is 9.59 Å². The van der Waals surface area contributed by atoms with Gasteiger partial charge < -0.3 is 19.8 Å².